The number of rotatable bonds is 4. The zero-order valence-corrected chi connectivity index (χ0v) is 13.6. The van der Waals surface area contributed by atoms with Crippen molar-refractivity contribution in [2.24, 2.45) is 0 Å². The number of hydrogen-bond acceptors (Lipinski definition) is 5. The first-order valence-corrected chi connectivity index (χ1v) is 9.54. The highest BCUT2D eigenvalue weighted by atomic mass is 32.2. The molecule has 0 aromatic carbocycles. The molecule has 1 N–H and O–H groups in total. The Morgan fingerprint density at radius 3 is 3.05 bits per heavy atom. The Morgan fingerprint density at radius 1 is 1.55 bits per heavy atom. The number of sulfonamides is 1. The van der Waals surface area contributed by atoms with E-state index in [1.54, 1.807) is 23.5 Å². The SMILES string of the molecule is CS(=O)(=O)NC[C@@H]1CN(C(=O)c2ccsc2)Cc2cncn21. The number of carbonyl (C=O) groups excluding carboxylic acids is 1. The zero-order chi connectivity index (χ0) is 15.7. The summed E-state index contributed by atoms with van der Waals surface area (Å²) in [6.45, 7) is 1.15. The Labute approximate surface area is 132 Å². The van der Waals surface area contributed by atoms with E-state index in [4.69, 9.17) is 0 Å². The number of nitrogens with zero attached hydrogens (tertiary/aromatic N) is 3. The van der Waals surface area contributed by atoms with E-state index in [2.05, 4.69) is 9.71 Å². The average Bonchev–Trinajstić information content (AvgIpc) is 3.13. The largest absolute Gasteiger partial charge is 0.331 e. The van der Waals surface area contributed by atoms with Crippen molar-refractivity contribution in [1.29, 1.82) is 0 Å². The molecule has 2 aromatic heterocycles. The van der Waals surface area contributed by atoms with E-state index in [1.165, 1.54) is 11.3 Å². The van der Waals surface area contributed by atoms with Gasteiger partial charge in [0, 0.05) is 24.7 Å². The lowest BCUT2D eigenvalue weighted by molar-refractivity contribution is 0.0681. The first kappa shape index (κ1) is 15.2. The Kier molecular flexibility index (Phi) is 4.02. The lowest BCUT2D eigenvalue weighted by atomic mass is 10.1. The fraction of sp³-hybridized carbons (Fsp3) is 0.385. The first-order valence-electron chi connectivity index (χ1n) is 6.71. The van der Waals surface area contributed by atoms with Crippen LogP contribution in [0.15, 0.2) is 29.4 Å². The lowest BCUT2D eigenvalue weighted by Crippen LogP contribution is -2.44. The van der Waals surface area contributed by atoms with Crippen LogP contribution < -0.4 is 4.72 Å². The molecule has 3 heterocycles. The number of amides is 1. The Hall–Kier alpha value is -1.71. The summed E-state index contributed by atoms with van der Waals surface area (Å²) in [6, 6.07) is 1.63. The van der Waals surface area contributed by atoms with Gasteiger partial charge in [0.1, 0.15) is 0 Å². The van der Waals surface area contributed by atoms with Crippen LogP contribution in [0.5, 0.6) is 0 Å². The highest BCUT2D eigenvalue weighted by Gasteiger charge is 2.29. The summed E-state index contributed by atoms with van der Waals surface area (Å²) >= 11 is 1.48. The van der Waals surface area contributed by atoms with Gasteiger partial charge in [0.05, 0.1) is 36.4 Å². The van der Waals surface area contributed by atoms with Crippen molar-refractivity contribution in [3.63, 3.8) is 0 Å². The molecule has 0 bridgehead atoms. The zero-order valence-electron chi connectivity index (χ0n) is 12.0. The topological polar surface area (TPSA) is 84.3 Å². The summed E-state index contributed by atoms with van der Waals surface area (Å²) in [5, 5.41) is 3.68. The maximum Gasteiger partial charge on any atom is 0.255 e. The maximum absolute atomic E-state index is 12.5. The molecular formula is C13H16N4O3S2. The number of imidazole rings is 1. The monoisotopic (exact) mass is 340 g/mol. The highest BCUT2D eigenvalue weighted by Crippen LogP contribution is 2.22. The number of nitrogens with one attached hydrogen (secondary N) is 1. The average molecular weight is 340 g/mol. The van der Waals surface area contributed by atoms with Crippen LogP contribution in [-0.4, -0.2) is 48.1 Å². The van der Waals surface area contributed by atoms with Crippen LogP contribution in [0, 0.1) is 0 Å². The molecule has 7 nitrogen and oxygen atoms in total. The molecule has 1 atom stereocenters. The smallest absolute Gasteiger partial charge is 0.255 e. The number of thiophene rings is 1. The van der Waals surface area contributed by atoms with Gasteiger partial charge in [-0.3, -0.25) is 4.79 Å². The van der Waals surface area contributed by atoms with Crippen LogP contribution in [0.1, 0.15) is 22.1 Å². The van der Waals surface area contributed by atoms with Crippen molar-refractivity contribution >= 4 is 27.3 Å². The summed E-state index contributed by atoms with van der Waals surface area (Å²) in [5.41, 5.74) is 1.56. The third-order valence-electron chi connectivity index (χ3n) is 3.56. The molecule has 0 aliphatic carbocycles. The van der Waals surface area contributed by atoms with Gasteiger partial charge < -0.3 is 9.47 Å². The van der Waals surface area contributed by atoms with Gasteiger partial charge in [0.2, 0.25) is 10.0 Å². The minimum Gasteiger partial charge on any atom is -0.331 e. The summed E-state index contributed by atoms with van der Waals surface area (Å²) in [6.07, 6.45) is 4.51. The number of carbonyl (C=O) groups is 1. The van der Waals surface area contributed by atoms with E-state index < -0.39 is 10.0 Å². The third-order valence-corrected chi connectivity index (χ3v) is 4.93. The van der Waals surface area contributed by atoms with Crippen molar-refractivity contribution in [2.75, 3.05) is 19.3 Å². The van der Waals surface area contributed by atoms with Crippen LogP contribution in [0.2, 0.25) is 0 Å². The van der Waals surface area contributed by atoms with E-state index in [-0.39, 0.29) is 18.5 Å². The van der Waals surface area contributed by atoms with Crippen LogP contribution in [-0.2, 0) is 16.6 Å². The molecule has 22 heavy (non-hydrogen) atoms. The molecule has 1 aliphatic heterocycles. The summed E-state index contributed by atoms with van der Waals surface area (Å²) < 4.78 is 27.1. The molecule has 1 amide bonds. The molecule has 3 rings (SSSR count). The van der Waals surface area contributed by atoms with Crippen LogP contribution >= 0.6 is 11.3 Å². The molecule has 0 saturated carbocycles. The molecule has 1 aliphatic rings. The highest BCUT2D eigenvalue weighted by molar-refractivity contribution is 7.88. The molecule has 0 saturated heterocycles. The van der Waals surface area contributed by atoms with Gasteiger partial charge in [-0.05, 0) is 11.4 Å². The summed E-state index contributed by atoms with van der Waals surface area (Å²) in [7, 11) is -3.28. The second-order valence-electron chi connectivity index (χ2n) is 5.26. The van der Waals surface area contributed by atoms with Gasteiger partial charge >= 0.3 is 0 Å². The minimum atomic E-state index is -3.28. The second kappa shape index (κ2) is 5.82. The number of fused-ring (bicyclic) bond motifs is 1. The van der Waals surface area contributed by atoms with Gasteiger partial charge in [-0.25, -0.2) is 18.1 Å². The quantitative estimate of drug-likeness (QED) is 0.887. The van der Waals surface area contributed by atoms with E-state index in [1.807, 2.05) is 15.3 Å². The second-order valence-corrected chi connectivity index (χ2v) is 7.88. The molecule has 0 spiro atoms. The molecule has 2 aromatic rings. The van der Waals surface area contributed by atoms with Crippen LogP contribution in [0.3, 0.4) is 0 Å². The van der Waals surface area contributed by atoms with Crippen molar-refractivity contribution < 1.29 is 13.2 Å². The lowest BCUT2D eigenvalue weighted by Gasteiger charge is -2.34. The Bertz CT molecular complexity index is 767. The van der Waals surface area contributed by atoms with Gasteiger partial charge in [-0.15, -0.1) is 0 Å². The van der Waals surface area contributed by atoms with Crippen molar-refractivity contribution in [3.8, 4) is 0 Å². The Balaban J connectivity index is 1.81. The normalized spacial score (nSPS) is 18.2. The van der Waals surface area contributed by atoms with Crippen molar-refractivity contribution in [1.82, 2.24) is 19.2 Å². The fourth-order valence-corrected chi connectivity index (χ4v) is 3.64. The van der Waals surface area contributed by atoms with Gasteiger partial charge in [-0.1, -0.05) is 0 Å². The molecule has 0 unspecified atom stereocenters. The fourth-order valence-electron chi connectivity index (χ4n) is 2.52. The predicted octanol–water partition coefficient (Wildman–Crippen LogP) is 0.691. The van der Waals surface area contributed by atoms with Gasteiger partial charge in [-0.2, -0.15) is 11.3 Å². The predicted molar refractivity (Wildman–Crippen MR) is 83.2 cm³/mol. The molecule has 9 heteroatoms. The maximum atomic E-state index is 12.5. The number of hydrogen-bond donors (Lipinski definition) is 1. The van der Waals surface area contributed by atoms with Gasteiger partial charge in [0.25, 0.3) is 5.91 Å². The van der Waals surface area contributed by atoms with E-state index in [0.29, 0.717) is 18.7 Å². The van der Waals surface area contributed by atoms with Crippen molar-refractivity contribution in [2.45, 2.75) is 12.6 Å². The first-order chi connectivity index (χ1) is 10.4. The van der Waals surface area contributed by atoms with E-state index in [9.17, 15) is 13.2 Å². The number of aromatic nitrogens is 2. The molecule has 0 fully saturated rings. The van der Waals surface area contributed by atoms with E-state index in [0.717, 1.165) is 11.9 Å². The minimum absolute atomic E-state index is 0.0435. The summed E-state index contributed by atoms with van der Waals surface area (Å²) in [4.78, 5) is 18.3. The van der Waals surface area contributed by atoms with E-state index >= 15 is 0 Å². The molecule has 118 valence electrons. The standard InChI is InChI=1S/C13H16N4O3S2/c1-22(19,20)15-5-12-7-16(6-11-4-14-9-17(11)12)13(18)10-2-3-21-8-10/h2-4,8-9,12,15H,5-7H2,1H3/t12-/m1/s1. The van der Waals surface area contributed by atoms with Crippen LogP contribution in [0.25, 0.3) is 0 Å². The third kappa shape index (κ3) is 3.21. The molecule has 0 radical (unpaired) electrons. The van der Waals surface area contributed by atoms with Crippen LogP contribution in [0.4, 0.5) is 0 Å². The van der Waals surface area contributed by atoms with Crippen molar-refractivity contribution in [3.05, 3.63) is 40.6 Å². The Morgan fingerprint density at radius 2 is 2.36 bits per heavy atom. The summed E-state index contributed by atoms with van der Waals surface area (Å²) in [5.74, 6) is -0.0435. The van der Waals surface area contributed by atoms with Gasteiger partial charge in [0.15, 0.2) is 0 Å². The molecular weight excluding hydrogens is 324 g/mol.